The third-order valence-corrected chi connectivity index (χ3v) is 6.37. The Morgan fingerprint density at radius 2 is 1.88 bits per heavy atom. The molecule has 0 aliphatic carbocycles. The van der Waals surface area contributed by atoms with Gasteiger partial charge >= 0.3 is 0 Å². The van der Waals surface area contributed by atoms with E-state index in [2.05, 4.69) is 32.5 Å². The van der Waals surface area contributed by atoms with Gasteiger partial charge in [-0.05, 0) is 61.9 Å². The highest BCUT2D eigenvalue weighted by Gasteiger charge is 2.29. The second-order valence-electron chi connectivity index (χ2n) is 8.42. The molecule has 0 radical (unpaired) electrons. The number of piperidine rings is 1. The lowest BCUT2D eigenvalue weighted by Crippen LogP contribution is -2.39. The van der Waals surface area contributed by atoms with E-state index in [9.17, 15) is 9.59 Å². The van der Waals surface area contributed by atoms with Crippen molar-refractivity contribution < 1.29 is 14.3 Å². The van der Waals surface area contributed by atoms with Crippen LogP contribution in [-0.2, 0) is 14.3 Å². The first kappa shape index (κ1) is 22.2. The first-order valence-electron chi connectivity index (χ1n) is 11.4. The highest BCUT2D eigenvalue weighted by atomic mass is 16.5. The lowest BCUT2D eigenvalue weighted by molar-refractivity contribution is -0.137. The number of hydrogen-bond acceptors (Lipinski definition) is 6. The molecule has 1 N–H and O–H groups in total. The molecular weight excluding hydrogens is 406 g/mol. The Balaban J connectivity index is 1.25. The van der Waals surface area contributed by atoms with Crippen LogP contribution >= 0.6 is 0 Å². The minimum absolute atomic E-state index is 0.0465. The molecule has 32 heavy (non-hydrogen) atoms. The molecule has 8 heteroatoms. The van der Waals surface area contributed by atoms with Gasteiger partial charge in [0.25, 0.3) is 0 Å². The molecule has 2 saturated heterocycles. The lowest BCUT2D eigenvalue weighted by Gasteiger charge is -2.32. The van der Waals surface area contributed by atoms with Gasteiger partial charge in [0.15, 0.2) is 5.82 Å². The Labute approximate surface area is 188 Å². The highest BCUT2D eigenvalue weighted by Crippen LogP contribution is 2.29. The minimum Gasteiger partial charge on any atom is -0.372 e. The largest absolute Gasteiger partial charge is 0.372 e. The molecule has 2 aliphatic rings. The van der Waals surface area contributed by atoms with Crippen molar-refractivity contribution in [1.29, 1.82) is 0 Å². The monoisotopic (exact) mass is 437 g/mol. The van der Waals surface area contributed by atoms with Gasteiger partial charge < -0.3 is 19.9 Å². The first-order valence-corrected chi connectivity index (χ1v) is 11.4. The van der Waals surface area contributed by atoms with Crippen molar-refractivity contribution in [2.24, 2.45) is 5.92 Å². The molecular formula is C24H31N5O3. The number of ether oxygens (including phenoxy) is 1. The van der Waals surface area contributed by atoms with Gasteiger partial charge in [-0.15, -0.1) is 5.10 Å². The van der Waals surface area contributed by atoms with Crippen molar-refractivity contribution in [2.45, 2.75) is 32.1 Å². The Morgan fingerprint density at radius 1 is 1.09 bits per heavy atom. The van der Waals surface area contributed by atoms with Crippen molar-refractivity contribution in [2.75, 3.05) is 49.6 Å². The SMILES string of the molecule is CCOCC(=O)N1CCC(c2ccc(NC(=O)[C@H]3CCN(c4cccnn4)C3)cc2)CC1. The van der Waals surface area contributed by atoms with E-state index in [1.807, 2.05) is 36.1 Å². The average Bonchev–Trinajstić information content (AvgIpc) is 3.34. The summed E-state index contributed by atoms with van der Waals surface area (Å²) in [5.41, 5.74) is 2.08. The number of aromatic nitrogens is 2. The minimum atomic E-state index is -0.0600. The molecule has 2 amide bonds. The van der Waals surface area contributed by atoms with E-state index in [1.54, 1.807) is 6.20 Å². The van der Waals surface area contributed by atoms with Crippen LogP contribution in [0.4, 0.5) is 11.5 Å². The molecule has 3 heterocycles. The average molecular weight is 438 g/mol. The summed E-state index contributed by atoms with van der Waals surface area (Å²) in [5, 5.41) is 11.1. The summed E-state index contributed by atoms with van der Waals surface area (Å²) in [6, 6.07) is 11.9. The summed E-state index contributed by atoms with van der Waals surface area (Å²) in [5.74, 6) is 1.32. The molecule has 170 valence electrons. The Kier molecular flexibility index (Phi) is 7.32. The van der Waals surface area contributed by atoms with Crippen LogP contribution in [0.1, 0.15) is 37.7 Å². The number of carbonyl (C=O) groups is 2. The molecule has 0 bridgehead atoms. The predicted molar refractivity (Wildman–Crippen MR) is 122 cm³/mol. The molecule has 1 atom stereocenters. The topological polar surface area (TPSA) is 87.7 Å². The van der Waals surface area contributed by atoms with Crippen LogP contribution < -0.4 is 10.2 Å². The third-order valence-electron chi connectivity index (χ3n) is 6.37. The van der Waals surface area contributed by atoms with Crippen molar-refractivity contribution in [3.63, 3.8) is 0 Å². The normalized spacial score (nSPS) is 19.2. The van der Waals surface area contributed by atoms with Crippen molar-refractivity contribution >= 4 is 23.3 Å². The summed E-state index contributed by atoms with van der Waals surface area (Å²) in [7, 11) is 0. The Morgan fingerprint density at radius 3 is 2.56 bits per heavy atom. The van der Waals surface area contributed by atoms with Gasteiger partial charge in [0.1, 0.15) is 6.61 Å². The van der Waals surface area contributed by atoms with E-state index in [4.69, 9.17) is 4.74 Å². The summed E-state index contributed by atoms with van der Waals surface area (Å²) >= 11 is 0. The fourth-order valence-electron chi connectivity index (χ4n) is 4.47. The number of amides is 2. The number of nitrogens with zero attached hydrogens (tertiary/aromatic N) is 4. The maximum Gasteiger partial charge on any atom is 0.248 e. The second kappa shape index (κ2) is 10.5. The third kappa shape index (κ3) is 5.43. The van der Waals surface area contributed by atoms with Crippen molar-refractivity contribution in [3.05, 3.63) is 48.2 Å². The molecule has 1 aromatic heterocycles. The number of nitrogens with one attached hydrogen (secondary N) is 1. The summed E-state index contributed by atoms with van der Waals surface area (Å²) < 4.78 is 5.24. The van der Waals surface area contributed by atoms with Crippen LogP contribution in [0.15, 0.2) is 42.6 Å². The predicted octanol–water partition coefficient (Wildman–Crippen LogP) is 2.68. The molecule has 2 aromatic rings. The Bertz CT molecular complexity index is 898. The van der Waals surface area contributed by atoms with E-state index < -0.39 is 0 Å². The lowest BCUT2D eigenvalue weighted by atomic mass is 9.89. The number of likely N-dealkylation sites (tertiary alicyclic amines) is 1. The molecule has 0 unspecified atom stereocenters. The van der Waals surface area contributed by atoms with Gasteiger partial charge in [-0.1, -0.05) is 12.1 Å². The standard InChI is InChI=1S/C24H31N5O3/c1-2-32-17-23(30)28-13-9-19(10-14-28)18-5-7-21(8-6-18)26-24(31)20-11-15-29(16-20)22-4-3-12-25-27-22/h3-8,12,19-20H,2,9-11,13-17H2,1H3,(H,26,31)/t20-/m0/s1. The molecule has 4 rings (SSSR count). The zero-order chi connectivity index (χ0) is 22.3. The number of hydrogen-bond donors (Lipinski definition) is 1. The smallest absolute Gasteiger partial charge is 0.248 e. The van der Waals surface area contributed by atoms with Crippen molar-refractivity contribution in [3.8, 4) is 0 Å². The van der Waals surface area contributed by atoms with Crippen LogP contribution in [0.2, 0.25) is 0 Å². The van der Waals surface area contributed by atoms with Crippen LogP contribution in [0.3, 0.4) is 0 Å². The van der Waals surface area contributed by atoms with Crippen LogP contribution in [0, 0.1) is 5.92 Å². The van der Waals surface area contributed by atoms with Gasteiger partial charge in [-0.25, -0.2) is 0 Å². The molecule has 0 spiro atoms. The summed E-state index contributed by atoms with van der Waals surface area (Å²) in [6.07, 6.45) is 4.35. The van der Waals surface area contributed by atoms with E-state index in [0.29, 0.717) is 19.1 Å². The van der Waals surface area contributed by atoms with Crippen molar-refractivity contribution in [1.82, 2.24) is 15.1 Å². The fourth-order valence-corrected chi connectivity index (χ4v) is 4.47. The maximum absolute atomic E-state index is 12.7. The van der Waals surface area contributed by atoms with Gasteiger partial charge in [0, 0.05) is 44.7 Å². The van der Waals surface area contributed by atoms with Gasteiger partial charge in [0.05, 0.1) is 5.92 Å². The van der Waals surface area contributed by atoms with E-state index in [1.165, 1.54) is 5.56 Å². The number of carbonyl (C=O) groups excluding carboxylic acids is 2. The van der Waals surface area contributed by atoms with Gasteiger partial charge in [-0.2, -0.15) is 5.10 Å². The highest BCUT2D eigenvalue weighted by molar-refractivity contribution is 5.93. The quantitative estimate of drug-likeness (QED) is 0.717. The van der Waals surface area contributed by atoms with E-state index in [-0.39, 0.29) is 24.3 Å². The number of rotatable bonds is 7. The number of benzene rings is 1. The van der Waals surface area contributed by atoms with Crippen LogP contribution in [0.5, 0.6) is 0 Å². The maximum atomic E-state index is 12.7. The van der Waals surface area contributed by atoms with E-state index in [0.717, 1.165) is 50.4 Å². The molecule has 2 fully saturated rings. The van der Waals surface area contributed by atoms with E-state index >= 15 is 0 Å². The summed E-state index contributed by atoms with van der Waals surface area (Å²) in [6.45, 7) is 5.62. The van der Waals surface area contributed by atoms with Gasteiger partial charge in [-0.3, -0.25) is 9.59 Å². The second-order valence-corrected chi connectivity index (χ2v) is 8.42. The van der Waals surface area contributed by atoms with Crippen LogP contribution in [0.25, 0.3) is 0 Å². The Hall–Kier alpha value is -3.00. The van der Waals surface area contributed by atoms with Gasteiger partial charge in [0.2, 0.25) is 11.8 Å². The summed E-state index contributed by atoms with van der Waals surface area (Å²) in [4.78, 5) is 28.8. The fraction of sp³-hybridized carbons (Fsp3) is 0.500. The molecule has 0 saturated carbocycles. The van der Waals surface area contributed by atoms with Crippen LogP contribution in [-0.4, -0.2) is 66.3 Å². The number of anilines is 2. The molecule has 8 nitrogen and oxygen atoms in total. The molecule has 2 aliphatic heterocycles. The first-order chi connectivity index (χ1) is 15.6. The molecule has 1 aromatic carbocycles. The zero-order valence-electron chi connectivity index (χ0n) is 18.6. The zero-order valence-corrected chi connectivity index (χ0v) is 18.6.